The number of amides is 1. The zero-order valence-electron chi connectivity index (χ0n) is 12.6. The standard InChI is InChI=1S/C14H21N3O5/c1-22-13(20)5-3-2-4-7-15-14(21)11-9-16-17(10-11)8-6-12(18)19/h9-10H,2-8H2,1H3,(H,15,21)(H,18,19). The van der Waals surface area contributed by atoms with Crippen molar-refractivity contribution in [2.45, 2.75) is 38.6 Å². The summed E-state index contributed by atoms with van der Waals surface area (Å²) in [6.07, 6.45) is 5.62. The molecule has 0 atom stereocenters. The zero-order valence-corrected chi connectivity index (χ0v) is 12.6. The van der Waals surface area contributed by atoms with E-state index in [2.05, 4.69) is 15.2 Å². The Hall–Kier alpha value is -2.38. The largest absolute Gasteiger partial charge is 0.481 e. The number of aromatic nitrogens is 2. The van der Waals surface area contributed by atoms with Gasteiger partial charge < -0.3 is 15.2 Å². The number of hydrogen-bond acceptors (Lipinski definition) is 5. The number of carbonyl (C=O) groups excluding carboxylic acids is 2. The lowest BCUT2D eigenvalue weighted by Crippen LogP contribution is -2.24. The third kappa shape index (κ3) is 6.87. The van der Waals surface area contributed by atoms with Crippen molar-refractivity contribution >= 4 is 17.8 Å². The molecule has 0 radical (unpaired) electrons. The van der Waals surface area contributed by atoms with Crippen molar-refractivity contribution in [1.29, 1.82) is 0 Å². The molecule has 0 aromatic carbocycles. The molecule has 0 saturated heterocycles. The molecule has 1 heterocycles. The number of rotatable bonds is 10. The van der Waals surface area contributed by atoms with Crippen LogP contribution in [0.1, 0.15) is 42.5 Å². The van der Waals surface area contributed by atoms with Crippen LogP contribution in [-0.2, 0) is 20.9 Å². The molecule has 2 N–H and O–H groups in total. The predicted octanol–water partition coefficient (Wildman–Crippen LogP) is 0.821. The summed E-state index contributed by atoms with van der Waals surface area (Å²) in [5, 5.41) is 15.3. The average molecular weight is 311 g/mol. The van der Waals surface area contributed by atoms with E-state index in [1.807, 2.05) is 0 Å². The summed E-state index contributed by atoms with van der Waals surface area (Å²) in [4.78, 5) is 33.2. The van der Waals surface area contributed by atoms with Crippen molar-refractivity contribution in [3.63, 3.8) is 0 Å². The minimum Gasteiger partial charge on any atom is -0.481 e. The first-order chi connectivity index (χ1) is 10.5. The van der Waals surface area contributed by atoms with E-state index in [-0.39, 0.29) is 24.8 Å². The second-order valence-electron chi connectivity index (χ2n) is 4.78. The summed E-state index contributed by atoms with van der Waals surface area (Å²) in [6, 6.07) is 0. The highest BCUT2D eigenvalue weighted by molar-refractivity contribution is 5.93. The molecule has 8 nitrogen and oxygen atoms in total. The van der Waals surface area contributed by atoms with Gasteiger partial charge in [0.2, 0.25) is 0 Å². The van der Waals surface area contributed by atoms with E-state index < -0.39 is 5.97 Å². The van der Waals surface area contributed by atoms with Crippen LogP contribution < -0.4 is 5.32 Å². The Morgan fingerprint density at radius 3 is 2.73 bits per heavy atom. The molecule has 1 aromatic rings. The second-order valence-corrected chi connectivity index (χ2v) is 4.78. The van der Waals surface area contributed by atoms with Crippen LogP contribution in [0.3, 0.4) is 0 Å². The summed E-state index contributed by atoms with van der Waals surface area (Å²) in [6.45, 7) is 0.746. The zero-order chi connectivity index (χ0) is 16.4. The molecule has 1 aromatic heterocycles. The maximum absolute atomic E-state index is 11.8. The van der Waals surface area contributed by atoms with Crippen LogP contribution in [0.25, 0.3) is 0 Å². The molecule has 1 rings (SSSR count). The van der Waals surface area contributed by atoms with Crippen molar-refractivity contribution in [1.82, 2.24) is 15.1 Å². The number of nitrogens with zero attached hydrogens (tertiary/aromatic N) is 2. The Kier molecular flexibility index (Phi) is 7.66. The normalized spacial score (nSPS) is 10.2. The van der Waals surface area contributed by atoms with Gasteiger partial charge in [-0.25, -0.2) is 0 Å². The van der Waals surface area contributed by atoms with Crippen molar-refractivity contribution in [3.05, 3.63) is 18.0 Å². The van der Waals surface area contributed by atoms with Crippen LogP contribution in [0.4, 0.5) is 0 Å². The van der Waals surface area contributed by atoms with Crippen molar-refractivity contribution in [3.8, 4) is 0 Å². The van der Waals surface area contributed by atoms with Gasteiger partial charge in [-0.1, -0.05) is 6.42 Å². The number of ether oxygens (including phenoxy) is 1. The Morgan fingerprint density at radius 2 is 2.05 bits per heavy atom. The molecule has 0 aliphatic carbocycles. The molecule has 8 heteroatoms. The molecule has 1 amide bonds. The Balaban J connectivity index is 2.20. The highest BCUT2D eigenvalue weighted by Gasteiger charge is 2.08. The van der Waals surface area contributed by atoms with Crippen molar-refractivity contribution in [2.75, 3.05) is 13.7 Å². The van der Waals surface area contributed by atoms with E-state index in [1.165, 1.54) is 24.2 Å². The number of unbranched alkanes of at least 4 members (excludes halogenated alkanes) is 2. The number of methoxy groups -OCH3 is 1. The minimum atomic E-state index is -0.909. The lowest BCUT2D eigenvalue weighted by molar-refractivity contribution is -0.141. The van der Waals surface area contributed by atoms with Gasteiger partial charge in [0.05, 0.1) is 31.8 Å². The highest BCUT2D eigenvalue weighted by Crippen LogP contribution is 2.02. The summed E-state index contributed by atoms with van der Waals surface area (Å²) >= 11 is 0. The summed E-state index contributed by atoms with van der Waals surface area (Å²) in [7, 11) is 1.36. The van der Waals surface area contributed by atoms with E-state index in [4.69, 9.17) is 5.11 Å². The number of hydrogen-bond donors (Lipinski definition) is 2. The van der Waals surface area contributed by atoms with Crippen LogP contribution in [0.2, 0.25) is 0 Å². The molecule has 122 valence electrons. The summed E-state index contributed by atoms with van der Waals surface area (Å²) in [5.74, 6) is -1.37. The van der Waals surface area contributed by atoms with Crippen LogP contribution in [0.5, 0.6) is 0 Å². The molecule has 0 fully saturated rings. The number of carbonyl (C=O) groups is 3. The number of nitrogens with one attached hydrogen (secondary N) is 1. The predicted molar refractivity (Wildman–Crippen MR) is 77.3 cm³/mol. The molecule has 0 aliphatic heterocycles. The Labute approximate surface area is 128 Å². The van der Waals surface area contributed by atoms with Crippen LogP contribution >= 0.6 is 0 Å². The average Bonchev–Trinajstić information content (AvgIpc) is 2.97. The van der Waals surface area contributed by atoms with Crippen LogP contribution in [0.15, 0.2) is 12.4 Å². The topological polar surface area (TPSA) is 111 Å². The quantitative estimate of drug-likeness (QED) is 0.489. The van der Waals surface area contributed by atoms with Gasteiger partial charge in [0, 0.05) is 19.2 Å². The van der Waals surface area contributed by atoms with Gasteiger partial charge in [0.15, 0.2) is 0 Å². The summed E-state index contributed by atoms with van der Waals surface area (Å²) in [5.41, 5.74) is 0.403. The van der Waals surface area contributed by atoms with Gasteiger partial charge in [-0.2, -0.15) is 5.10 Å². The Morgan fingerprint density at radius 1 is 1.27 bits per heavy atom. The monoisotopic (exact) mass is 311 g/mol. The fourth-order valence-corrected chi connectivity index (χ4v) is 1.79. The number of aliphatic carboxylic acids is 1. The molecule has 22 heavy (non-hydrogen) atoms. The maximum atomic E-state index is 11.8. The molecule has 0 saturated carbocycles. The number of esters is 1. The first-order valence-corrected chi connectivity index (χ1v) is 7.12. The third-order valence-electron chi connectivity index (χ3n) is 3.02. The Bertz CT molecular complexity index is 512. The second kappa shape index (κ2) is 9.54. The third-order valence-corrected chi connectivity index (χ3v) is 3.02. The SMILES string of the molecule is COC(=O)CCCCCNC(=O)c1cnn(CCC(=O)O)c1. The molecule has 0 aliphatic rings. The molecular formula is C14H21N3O5. The summed E-state index contributed by atoms with van der Waals surface area (Å²) < 4.78 is 5.97. The van der Waals surface area contributed by atoms with Gasteiger partial charge in [0.25, 0.3) is 5.91 Å². The van der Waals surface area contributed by atoms with Crippen LogP contribution in [-0.4, -0.2) is 46.4 Å². The highest BCUT2D eigenvalue weighted by atomic mass is 16.5. The van der Waals surface area contributed by atoms with Gasteiger partial charge in [0.1, 0.15) is 0 Å². The molecule has 0 spiro atoms. The minimum absolute atomic E-state index is 0.0388. The van der Waals surface area contributed by atoms with Gasteiger partial charge >= 0.3 is 11.9 Å². The van der Waals surface area contributed by atoms with Crippen LogP contribution in [0, 0.1) is 0 Å². The van der Waals surface area contributed by atoms with Gasteiger partial charge in [-0.3, -0.25) is 19.1 Å². The first kappa shape index (κ1) is 17.7. The molecular weight excluding hydrogens is 290 g/mol. The van der Waals surface area contributed by atoms with E-state index in [0.29, 0.717) is 18.5 Å². The smallest absolute Gasteiger partial charge is 0.305 e. The maximum Gasteiger partial charge on any atom is 0.305 e. The van der Waals surface area contributed by atoms with E-state index in [9.17, 15) is 14.4 Å². The van der Waals surface area contributed by atoms with E-state index in [1.54, 1.807) is 0 Å². The van der Waals surface area contributed by atoms with E-state index in [0.717, 1.165) is 19.3 Å². The fraction of sp³-hybridized carbons (Fsp3) is 0.571. The number of carboxylic acid groups (broad SMARTS) is 1. The molecule has 0 bridgehead atoms. The van der Waals surface area contributed by atoms with Crippen molar-refractivity contribution < 1.29 is 24.2 Å². The first-order valence-electron chi connectivity index (χ1n) is 7.12. The lowest BCUT2D eigenvalue weighted by Gasteiger charge is -2.03. The van der Waals surface area contributed by atoms with Gasteiger partial charge in [-0.15, -0.1) is 0 Å². The fourth-order valence-electron chi connectivity index (χ4n) is 1.79. The van der Waals surface area contributed by atoms with E-state index >= 15 is 0 Å². The van der Waals surface area contributed by atoms with Crippen molar-refractivity contribution in [2.24, 2.45) is 0 Å². The van der Waals surface area contributed by atoms with Gasteiger partial charge in [-0.05, 0) is 12.8 Å². The molecule has 0 unspecified atom stereocenters. The lowest BCUT2D eigenvalue weighted by atomic mass is 10.2. The number of aryl methyl sites for hydroxylation is 1. The number of carboxylic acids is 1.